The SMILES string of the molecule is COc1ccc(C2CC(c3ccccc3)=Nc3c(nc[nH]c3=O)N2)cc1. The highest BCUT2D eigenvalue weighted by atomic mass is 16.5. The van der Waals surface area contributed by atoms with E-state index in [2.05, 4.69) is 20.3 Å². The van der Waals surface area contributed by atoms with Crippen molar-refractivity contribution in [3.8, 4) is 5.75 Å². The van der Waals surface area contributed by atoms with E-state index in [1.54, 1.807) is 7.11 Å². The largest absolute Gasteiger partial charge is 0.497 e. The molecule has 0 spiro atoms. The predicted molar refractivity (Wildman–Crippen MR) is 101 cm³/mol. The van der Waals surface area contributed by atoms with Crippen LogP contribution in [0.2, 0.25) is 0 Å². The smallest absolute Gasteiger partial charge is 0.278 e. The quantitative estimate of drug-likeness (QED) is 0.761. The van der Waals surface area contributed by atoms with E-state index in [1.807, 2.05) is 54.6 Å². The molecule has 3 aromatic rings. The van der Waals surface area contributed by atoms with Crippen LogP contribution < -0.4 is 15.6 Å². The predicted octanol–water partition coefficient (Wildman–Crippen LogP) is 3.46. The van der Waals surface area contributed by atoms with E-state index in [0.29, 0.717) is 17.9 Å². The third-order valence-electron chi connectivity index (χ3n) is 4.41. The second-order valence-corrected chi connectivity index (χ2v) is 6.03. The lowest BCUT2D eigenvalue weighted by Gasteiger charge is -2.19. The van der Waals surface area contributed by atoms with Gasteiger partial charge in [0.05, 0.1) is 25.2 Å². The highest BCUT2D eigenvalue weighted by Gasteiger charge is 2.23. The fraction of sp³-hybridized carbons (Fsp3) is 0.150. The summed E-state index contributed by atoms with van der Waals surface area (Å²) in [5.41, 5.74) is 2.96. The maximum Gasteiger partial charge on any atom is 0.278 e. The van der Waals surface area contributed by atoms with Crippen molar-refractivity contribution in [1.29, 1.82) is 0 Å². The van der Waals surface area contributed by atoms with Crippen molar-refractivity contribution in [1.82, 2.24) is 9.97 Å². The Morgan fingerprint density at radius 1 is 1.08 bits per heavy atom. The number of hydrogen-bond donors (Lipinski definition) is 2. The highest BCUT2D eigenvalue weighted by Crippen LogP contribution is 2.32. The summed E-state index contributed by atoms with van der Waals surface area (Å²) in [6, 6.07) is 17.7. The maximum absolute atomic E-state index is 12.3. The average Bonchev–Trinajstić information content (AvgIpc) is 2.90. The molecular formula is C20H18N4O2. The summed E-state index contributed by atoms with van der Waals surface area (Å²) in [6.07, 6.45) is 2.02. The van der Waals surface area contributed by atoms with Crippen LogP contribution in [-0.4, -0.2) is 22.8 Å². The first-order chi connectivity index (χ1) is 12.7. The molecule has 1 aliphatic rings. The average molecular weight is 346 g/mol. The summed E-state index contributed by atoms with van der Waals surface area (Å²) in [6.45, 7) is 0. The number of H-pyrrole nitrogens is 1. The Morgan fingerprint density at radius 3 is 2.58 bits per heavy atom. The van der Waals surface area contributed by atoms with Crippen molar-refractivity contribution in [3.63, 3.8) is 0 Å². The molecule has 6 nitrogen and oxygen atoms in total. The summed E-state index contributed by atoms with van der Waals surface area (Å²) in [7, 11) is 1.64. The molecule has 0 saturated heterocycles. The number of aromatic amines is 1. The first kappa shape index (κ1) is 16.1. The van der Waals surface area contributed by atoms with Crippen molar-refractivity contribution in [3.05, 3.63) is 82.4 Å². The Morgan fingerprint density at radius 2 is 1.85 bits per heavy atom. The lowest BCUT2D eigenvalue weighted by atomic mass is 9.97. The van der Waals surface area contributed by atoms with E-state index in [-0.39, 0.29) is 11.6 Å². The number of nitrogens with zero attached hydrogens (tertiary/aromatic N) is 2. The number of rotatable bonds is 3. The van der Waals surface area contributed by atoms with E-state index < -0.39 is 0 Å². The minimum Gasteiger partial charge on any atom is -0.497 e. The number of hydrogen-bond acceptors (Lipinski definition) is 5. The molecule has 0 amide bonds. The Kier molecular flexibility index (Phi) is 4.23. The topological polar surface area (TPSA) is 79.4 Å². The van der Waals surface area contributed by atoms with Crippen LogP contribution in [0, 0.1) is 0 Å². The Hall–Kier alpha value is -3.41. The molecular weight excluding hydrogens is 328 g/mol. The van der Waals surface area contributed by atoms with Crippen molar-refractivity contribution in [2.24, 2.45) is 4.99 Å². The lowest BCUT2D eigenvalue weighted by molar-refractivity contribution is 0.414. The molecule has 4 rings (SSSR count). The molecule has 0 aliphatic carbocycles. The second-order valence-electron chi connectivity index (χ2n) is 6.03. The fourth-order valence-electron chi connectivity index (χ4n) is 3.04. The summed E-state index contributed by atoms with van der Waals surface area (Å²) in [4.78, 5) is 23.8. The summed E-state index contributed by atoms with van der Waals surface area (Å²) < 4.78 is 5.24. The molecule has 1 aliphatic heterocycles. The molecule has 2 N–H and O–H groups in total. The van der Waals surface area contributed by atoms with Gasteiger partial charge in [0.2, 0.25) is 0 Å². The van der Waals surface area contributed by atoms with Crippen LogP contribution in [0.4, 0.5) is 11.5 Å². The number of fused-ring (bicyclic) bond motifs is 1. The molecule has 26 heavy (non-hydrogen) atoms. The van der Waals surface area contributed by atoms with Gasteiger partial charge in [-0.2, -0.15) is 0 Å². The van der Waals surface area contributed by atoms with Crippen LogP contribution in [0.3, 0.4) is 0 Å². The minimum atomic E-state index is -0.258. The Bertz CT molecular complexity index is 994. The first-order valence-electron chi connectivity index (χ1n) is 8.36. The molecule has 2 heterocycles. The monoisotopic (exact) mass is 346 g/mol. The van der Waals surface area contributed by atoms with Crippen LogP contribution >= 0.6 is 0 Å². The molecule has 6 heteroatoms. The molecule has 2 aromatic carbocycles. The third-order valence-corrected chi connectivity index (χ3v) is 4.41. The van der Waals surface area contributed by atoms with E-state index in [4.69, 9.17) is 4.74 Å². The Labute approximate surface area is 150 Å². The number of benzene rings is 2. The lowest BCUT2D eigenvalue weighted by Crippen LogP contribution is -2.15. The van der Waals surface area contributed by atoms with Crippen LogP contribution in [0.15, 0.2) is 70.7 Å². The van der Waals surface area contributed by atoms with Gasteiger partial charge < -0.3 is 15.0 Å². The van der Waals surface area contributed by atoms with Crippen LogP contribution in [0.5, 0.6) is 5.75 Å². The molecule has 0 radical (unpaired) electrons. The van der Waals surface area contributed by atoms with Crippen LogP contribution in [-0.2, 0) is 0 Å². The number of anilines is 1. The molecule has 1 unspecified atom stereocenters. The van der Waals surface area contributed by atoms with E-state index in [0.717, 1.165) is 22.6 Å². The molecule has 0 fully saturated rings. The van der Waals surface area contributed by atoms with E-state index in [9.17, 15) is 4.79 Å². The van der Waals surface area contributed by atoms with Crippen molar-refractivity contribution in [2.45, 2.75) is 12.5 Å². The molecule has 130 valence electrons. The van der Waals surface area contributed by atoms with Crippen LogP contribution in [0.1, 0.15) is 23.6 Å². The number of nitrogens with one attached hydrogen (secondary N) is 2. The van der Waals surface area contributed by atoms with Crippen LogP contribution in [0.25, 0.3) is 0 Å². The van der Waals surface area contributed by atoms with Gasteiger partial charge in [0.1, 0.15) is 5.75 Å². The van der Waals surface area contributed by atoms with Crippen molar-refractivity contribution >= 4 is 17.2 Å². The fourth-order valence-corrected chi connectivity index (χ4v) is 3.04. The normalized spacial score (nSPS) is 16.0. The van der Waals surface area contributed by atoms with Gasteiger partial charge in [0, 0.05) is 6.42 Å². The van der Waals surface area contributed by atoms with Gasteiger partial charge in [0.25, 0.3) is 5.56 Å². The van der Waals surface area contributed by atoms with E-state index in [1.165, 1.54) is 6.33 Å². The number of methoxy groups -OCH3 is 1. The van der Waals surface area contributed by atoms with Gasteiger partial charge in [-0.1, -0.05) is 42.5 Å². The maximum atomic E-state index is 12.3. The molecule has 0 saturated carbocycles. The first-order valence-corrected chi connectivity index (χ1v) is 8.36. The van der Waals surface area contributed by atoms with Gasteiger partial charge in [-0.25, -0.2) is 9.98 Å². The third kappa shape index (κ3) is 3.09. The van der Waals surface area contributed by atoms with Gasteiger partial charge in [-0.3, -0.25) is 4.79 Å². The van der Waals surface area contributed by atoms with E-state index >= 15 is 0 Å². The number of ether oxygens (including phenoxy) is 1. The Balaban J connectivity index is 1.81. The zero-order valence-electron chi connectivity index (χ0n) is 14.3. The second kappa shape index (κ2) is 6.84. The van der Waals surface area contributed by atoms with Crippen molar-refractivity contribution < 1.29 is 4.74 Å². The summed E-state index contributed by atoms with van der Waals surface area (Å²) in [5, 5.41) is 3.37. The minimum absolute atomic E-state index is 0.0598. The van der Waals surface area contributed by atoms with Gasteiger partial charge >= 0.3 is 0 Å². The molecule has 1 atom stereocenters. The summed E-state index contributed by atoms with van der Waals surface area (Å²) >= 11 is 0. The zero-order valence-corrected chi connectivity index (χ0v) is 14.3. The van der Waals surface area contributed by atoms with Crippen molar-refractivity contribution in [2.75, 3.05) is 12.4 Å². The number of aromatic nitrogens is 2. The highest BCUT2D eigenvalue weighted by molar-refractivity contribution is 6.03. The standard InChI is InChI=1S/C20H18N4O2/c1-26-15-9-7-14(8-10-15)17-11-16(13-5-3-2-4-6-13)23-18-19(24-17)21-12-22-20(18)25/h2-10,12,17H,11H2,1H3,(H2,21,22,24,25). The zero-order chi connectivity index (χ0) is 17.9. The number of aliphatic imine (C=N–C) groups is 1. The molecule has 0 bridgehead atoms. The molecule has 1 aromatic heterocycles. The van der Waals surface area contributed by atoms with Gasteiger partial charge in [0.15, 0.2) is 11.5 Å². The summed E-state index contributed by atoms with van der Waals surface area (Å²) in [5.74, 6) is 1.29. The van der Waals surface area contributed by atoms with Gasteiger partial charge in [-0.05, 0) is 23.3 Å². The van der Waals surface area contributed by atoms with Gasteiger partial charge in [-0.15, -0.1) is 0 Å².